The number of nitrogens with zero attached hydrogens (tertiary/aromatic N) is 2. The Bertz CT molecular complexity index is 1840. The molecule has 2 aromatic carbocycles. The van der Waals surface area contributed by atoms with E-state index in [9.17, 15) is 33.0 Å². The molecule has 0 spiro atoms. The van der Waals surface area contributed by atoms with Crippen molar-refractivity contribution in [3.63, 3.8) is 0 Å². The van der Waals surface area contributed by atoms with Crippen LogP contribution in [0.5, 0.6) is 5.75 Å². The molecule has 0 aliphatic heterocycles. The molecule has 1 unspecified atom stereocenters. The smallest absolute Gasteiger partial charge is 0.293 e. The van der Waals surface area contributed by atoms with Gasteiger partial charge in [0, 0.05) is 30.6 Å². The molecule has 10 nitrogen and oxygen atoms in total. The highest BCUT2D eigenvalue weighted by Crippen LogP contribution is 2.54. The molecule has 0 aliphatic carbocycles. The number of aromatic amines is 1. The Morgan fingerprint density at radius 1 is 1.02 bits per heavy atom. The van der Waals surface area contributed by atoms with Crippen LogP contribution in [0.15, 0.2) is 90.2 Å². The zero-order valence-electron chi connectivity index (χ0n) is 24.1. The second-order valence-corrected chi connectivity index (χ2v) is 13.2. The van der Waals surface area contributed by atoms with Gasteiger partial charge in [0.25, 0.3) is 16.9 Å². The fraction of sp³-hybridized carbons (Fsp3) is 0.188. The average molecular weight is 619 g/mol. The largest absolute Gasteiger partial charge is 0.504 e. The van der Waals surface area contributed by atoms with Crippen molar-refractivity contribution >= 4 is 38.6 Å². The molecule has 0 saturated heterocycles. The Hall–Kier alpha value is -4.78. The van der Waals surface area contributed by atoms with Crippen LogP contribution in [0.2, 0.25) is 0 Å². The number of carbonyl (C=O) groups excluding carboxylic acids is 3. The number of nitrogens with one attached hydrogen (secondary N) is 2. The number of H-pyrrole nitrogens is 1. The average Bonchev–Trinajstić information content (AvgIpc) is 3.58. The summed E-state index contributed by atoms with van der Waals surface area (Å²) in [5, 5.41) is 12.3. The minimum Gasteiger partial charge on any atom is -0.504 e. The molecule has 228 valence electrons. The van der Waals surface area contributed by atoms with Gasteiger partial charge >= 0.3 is 0 Å². The van der Waals surface area contributed by atoms with Gasteiger partial charge in [-0.1, -0.05) is 61.7 Å². The second-order valence-electron chi connectivity index (χ2n) is 11.3. The Kier molecular flexibility index (Phi) is 8.17. The number of hydrogen-bond donors (Lipinski definition) is 5. The van der Waals surface area contributed by atoms with E-state index in [1.54, 1.807) is 18.2 Å². The molecule has 3 aromatic heterocycles. The van der Waals surface area contributed by atoms with E-state index < -0.39 is 45.1 Å². The van der Waals surface area contributed by atoms with Crippen LogP contribution in [0.4, 0.5) is 4.39 Å². The summed E-state index contributed by atoms with van der Waals surface area (Å²) in [6.07, 6.45) is 3.46. The molecule has 12 heteroatoms. The van der Waals surface area contributed by atoms with Crippen LogP contribution < -0.4 is 5.32 Å². The van der Waals surface area contributed by atoms with Crippen LogP contribution in [0.1, 0.15) is 57.5 Å². The van der Waals surface area contributed by atoms with Gasteiger partial charge in [-0.05, 0) is 52.9 Å². The Morgan fingerprint density at radius 3 is 2.32 bits per heavy atom. The van der Waals surface area contributed by atoms with E-state index in [1.807, 2.05) is 32.9 Å². The lowest BCUT2D eigenvalue weighted by molar-refractivity contribution is 0.0807. The number of fused-ring (bicyclic) bond motifs is 1. The zero-order chi connectivity index (χ0) is 31.8. The first-order chi connectivity index (χ1) is 20.8. The molecule has 3 heterocycles. The maximum atomic E-state index is 14.1. The maximum absolute atomic E-state index is 14.1. The summed E-state index contributed by atoms with van der Waals surface area (Å²) in [4.78, 5) is 46.9. The molecule has 1 amide bonds. The third kappa shape index (κ3) is 6.00. The number of amides is 1. The molecule has 0 bridgehead atoms. The molecule has 0 aliphatic rings. The highest BCUT2D eigenvalue weighted by atomic mass is 32.3. The van der Waals surface area contributed by atoms with Crippen LogP contribution in [0.25, 0.3) is 11.0 Å². The first-order valence-electron chi connectivity index (χ1n) is 13.6. The molecular weight excluding hydrogens is 587 g/mol. The van der Waals surface area contributed by atoms with Crippen molar-refractivity contribution < 1.29 is 33.0 Å². The standard InChI is InChI=1S/C32H31FN4O6S/c1-32(2,3)21-11-9-20(10-12-21)29(39)36-24(16-19-7-13-22(33)14-8-19)30(40)37-18-26(27-28(37)25(38)17-35-27)44(42,43)31(41)23-6-4-5-15-34-23/h4-15,17-18,24,35,38,42-43H,16H2,1-3H3,(H,36,39). The summed E-state index contributed by atoms with van der Waals surface area (Å²) in [5.74, 6) is -2.18. The number of rotatable bonds is 7. The second kappa shape index (κ2) is 11.7. The molecule has 0 fully saturated rings. The maximum Gasteiger partial charge on any atom is 0.293 e. The lowest BCUT2D eigenvalue weighted by Gasteiger charge is -2.28. The predicted molar refractivity (Wildman–Crippen MR) is 165 cm³/mol. The van der Waals surface area contributed by atoms with Gasteiger partial charge in [0.05, 0.1) is 5.52 Å². The molecule has 5 rings (SSSR count). The SMILES string of the molecule is CC(C)(C)c1ccc(C(=O)NC(Cc2ccc(F)cc2)C(=O)n2cc(S(O)(O)C(=O)c3ccccn3)c3[nH]cc(O)c32)cc1. The first-order valence-corrected chi connectivity index (χ1v) is 15.2. The fourth-order valence-electron chi connectivity index (χ4n) is 4.79. The number of pyridine rings is 1. The van der Waals surface area contributed by atoms with E-state index in [0.717, 1.165) is 22.5 Å². The van der Waals surface area contributed by atoms with E-state index in [2.05, 4.69) is 15.3 Å². The summed E-state index contributed by atoms with van der Waals surface area (Å²) in [5.41, 5.74) is 1.33. The third-order valence-electron chi connectivity index (χ3n) is 7.21. The summed E-state index contributed by atoms with van der Waals surface area (Å²) >= 11 is 0. The van der Waals surface area contributed by atoms with Crippen LogP contribution in [0.3, 0.4) is 0 Å². The number of hydrogen-bond acceptors (Lipinski definition) is 7. The summed E-state index contributed by atoms with van der Waals surface area (Å²) < 4.78 is 36.8. The molecule has 44 heavy (non-hydrogen) atoms. The van der Waals surface area contributed by atoms with Gasteiger partial charge < -0.3 is 15.4 Å². The van der Waals surface area contributed by atoms with Crippen molar-refractivity contribution in [1.29, 1.82) is 0 Å². The topological polar surface area (TPSA) is 158 Å². The predicted octanol–water partition coefficient (Wildman–Crippen LogP) is 6.14. The number of aromatic nitrogens is 3. The van der Waals surface area contributed by atoms with Gasteiger partial charge in [0.15, 0.2) is 5.75 Å². The molecule has 1 atom stereocenters. The minimum absolute atomic E-state index is 0.0511. The van der Waals surface area contributed by atoms with E-state index in [4.69, 9.17) is 0 Å². The van der Waals surface area contributed by atoms with Crippen molar-refractivity contribution in [3.05, 3.63) is 114 Å². The fourth-order valence-corrected chi connectivity index (χ4v) is 6.09. The number of benzene rings is 2. The van der Waals surface area contributed by atoms with Crippen molar-refractivity contribution in [1.82, 2.24) is 19.9 Å². The quantitative estimate of drug-likeness (QED) is 0.147. The molecule has 0 radical (unpaired) electrons. The Labute approximate surface area is 253 Å². The minimum atomic E-state index is -4.24. The number of aromatic hydroxyl groups is 1. The van der Waals surface area contributed by atoms with Crippen molar-refractivity contribution in [2.24, 2.45) is 0 Å². The first kappa shape index (κ1) is 30.7. The van der Waals surface area contributed by atoms with Crippen LogP contribution in [0, 0.1) is 5.82 Å². The van der Waals surface area contributed by atoms with E-state index in [-0.39, 0.29) is 33.5 Å². The van der Waals surface area contributed by atoms with Crippen LogP contribution in [-0.2, 0) is 11.8 Å². The Balaban J connectivity index is 1.54. The highest BCUT2D eigenvalue weighted by Gasteiger charge is 2.35. The molecule has 5 aromatic rings. The normalized spacial score (nSPS) is 13.0. The van der Waals surface area contributed by atoms with Gasteiger partial charge in [0.2, 0.25) is 0 Å². The highest BCUT2D eigenvalue weighted by molar-refractivity contribution is 8.37. The van der Waals surface area contributed by atoms with Gasteiger partial charge in [-0.15, -0.1) is 0 Å². The lowest BCUT2D eigenvalue weighted by Crippen LogP contribution is -2.44. The van der Waals surface area contributed by atoms with E-state index in [1.165, 1.54) is 42.6 Å². The number of carbonyl (C=O) groups is 3. The van der Waals surface area contributed by atoms with Crippen LogP contribution in [-0.4, -0.2) is 51.7 Å². The van der Waals surface area contributed by atoms with Crippen molar-refractivity contribution in [3.8, 4) is 5.75 Å². The van der Waals surface area contributed by atoms with Gasteiger partial charge in [-0.2, -0.15) is 0 Å². The van der Waals surface area contributed by atoms with Crippen LogP contribution >= 0.6 is 10.6 Å². The zero-order valence-corrected chi connectivity index (χ0v) is 24.9. The van der Waals surface area contributed by atoms with Crippen molar-refractivity contribution in [2.75, 3.05) is 0 Å². The molecule has 5 N–H and O–H groups in total. The van der Waals surface area contributed by atoms with Gasteiger partial charge in [-0.25, -0.2) is 4.39 Å². The van der Waals surface area contributed by atoms with Gasteiger partial charge in [-0.3, -0.25) is 33.0 Å². The summed E-state index contributed by atoms with van der Waals surface area (Å²) in [6.45, 7) is 6.13. The number of halogens is 1. The van der Waals surface area contributed by atoms with Gasteiger partial charge in [0.1, 0.15) is 28.0 Å². The third-order valence-corrected chi connectivity index (χ3v) is 8.86. The van der Waals surface area contributed by atoms with E-state index >= 15 is 0 Å². The van der Waals surface area contributed by atoms with E-state index in [0.29, 0.717) is 11.1 Å². The molecule has 0 saturated carbocycles. The lowest BCUT2D eigenvalue weighted by atomic mass is 9.86. The molecular formula is C32H31FN4O6S. The monoisotopic (exact) mass is 618 g/mol. The summed E-state index contributed by atoms with van der Waals surface area (Å²) in [6, 6.07) is 15.5. The van der Waals surface area contributed by atoms with Crippen molar-refractivity contribution in [2.45, 2.75) is 43.5 Å². The summed E-state index contributed by atoms with van der Waals surface area (Å²) in [7, 11) is -4.24. The Morgan fingerprint density at radius 2 is 1.70 bits per heavy atom.